The van der Waals surface area contributed by atoms with E-state index in [2.05, 4.69) is 5.32 Å². The number of ether oxygens (including phenoxy) is 1. The van der Waals surface area contributed by atoms with Gasteiger partial charge in [-0.15, -0.1) is 0 Å². The number of sulfonamides is 1. The Balaban J connectivity index is 2.55. The van der Waals surface area contributed by atoms with Crippen molar-refractivity contribution in [3.8, 4) is 5.75 Å². The largest absolute Gasteiger partial charge is 0.495 e. The molecule has 0 radical (unpaired) electrons. The molecule has 13 heteroatoms. The second kappa shape index (κ2) is 13.2. The zero-order chi connectivity index (χ0) is 28.6. The molecule has 1 N–H and O–H groups in total. The van der Waals surface area contributed by atoms with Crippen molar-refractivity contribution in [1.82, 2.24) is 10.2 Å². The SMILES string of the molecule is CC[C@H](C)NC(=O)[C@H](CC)N(Cc1ccc(F)cc1)C(=O)CN(c1cc([N+](=O)[O-])ccc1OC)S(C)(=O)=O. The van der Waals surface area contributed by atoms with E-state index in [4.69, 9.17) is 4.74 Å². The number of carbonyl (C=O) groups is 2. The Morgan fingerprint density at radius 2 is 1.76 bits per heavy atom. The maximum absolute atomic E-state index is 13.7. The zero-order valence-electron chi connectivity index (χ0n) is 22.0. The molecule has 0 aliphatic heterocycles. The molecule has 0 aromatic heterocycles. The van der Waals surface area contributed by atoms with Gasteiger partial charge in [-0.1, -0.05) is 26.0 Å². The maximum atomic E-state index is 13.7. The molecule has 0 saturated heterocycles. The molecule has 0 unspecified atom stereocenters. The Labute approximate surface area is 221 Å². The molecule has 0 bridgehead atoms. The van der Waals surface area contributed by atoms with Crippen LogP contribution in [-0.4, -0.2) is 62.0 Å². The monoisotopic (exact) mass is 552 g/mol. The lowest BCUT2D eigenvalue weighted by Gasteiger charge is -2.33. The minimum absolute atomic E-state index is 0.000430. The number of nitrogens with one attached hydrogen (secondary N) is 1. The van der Waals surface area contributed by atoms with E-state index in [1.54, 1.807) is 6.92 Å². The first-order valence-corrected chi connectivity index (χ1v) is 13.8. The first-order valence-electron chi connectivity index (χ1n) is 12.0. The van der Waals surface area contributed by atoms with Gasteiger partial charge in [0.1, 0.15) is 29.8 Å². The van der Waals surface area contributed by atoms with E-state index in [0.717, 1.165) is 18.4 Å². The first kappa shape index (κ1) is 30.5. The average Bonchev–Trinajstić information content (AvgIpc) is 2.86. The third kappa shape index (κ3) is 7.88. The highest BCUT2D eigenvalue weighted by atomic mass is 32.2. The molecule has 0 heterocycles. The lowest BCUT2D eigenvalue weighted by atomic mass is 10.1. The van der Waals surface area contributed by atoms with Gasteiger partial charge in [-0.25, -0.2) is 12.8 Å². The summed E-state index contributed by atoms with van der Waals surface area (Å²) in [4.78, 5) is 38.7. The predicted octanol–water partition coefficient (Wildman–Crippen LogP) is 3.23. The molecule has 0 aliphatic carbocycles. The third-order valence-electron chi connectivity index (χ3n) is 5.97. The fourth-order valence-electron chi connectivity index (χ4n) is 3.73. The molecule has 0 spiro atoms. The van der Waals surface area contributed by atoms with Gasteiger partial charge in [0.2, 0.25) is 21.8 Å². The van der Waals surface area contributed by atoms with Crippen LogP contribution in [0.1, 0.15) is 39.2 Å². The number of rotatable bonds is 13. The Bertz CT molecular complexity index is 1250. The van der Waals surface area contributed by atoms with Crippen LogP contribution in [0.5, 0.6) is 5.75 Å². The fraction of sp³-hybridized carbons (Fsp3) is 0.440. The van der Waals surface area contributed by atoms with Crippen molar-refractivity contribution in [2.75, 3.05) is 24.2 Å². The van der Waals surface area contributed by atoms with Crippen LogP contribution in [0.25, 0.3) is 0 Å². The molecule has 2 aromatic rings. The minimum atomic E-state index is -4.14. The molecule has 2 atom stereocenters. The van der Waals surface area contributed by atoms with E-state index in [1.807, 2.05) is 13.8 Å². The van der Waals surface area contributed by atoms with Gasteiger partial charge in [0.05, 0.1) is 18.3 Å². The minimum Gasteiger partial charge on any atom is -0.495 e. The Hall–Kier alpha value is -3.74. The molecular weight excluding hydrogens is 519 g/mol. The molecule has 2 aromatic carbocycles. The van der Waals surface area contributed by atoms with Crippen molar-refractivity contribution in [3.63, 3.8) is 0 Å². The number of non-ortho nitro benzene ring substituents is 1. The summed E-state index contributed by atoms with van der Waals surface area (Å²) in [6, 6.07) is 7.63. The summed E-state index contributed by atoms with van der Waals surface area (Å²) in [5, 5.41) is 14.2. The molecule has 208 valence electrons. The van der Waals surface area contributed by atoms with Crippen LogP contribution in [-0.2, 0) is 26.2 Å². The first-order chi connectivity index (χ1) is 17.8. The molecule has 0 fully saturated rings. The van der Waals surface area contributed by atoms with E-state index in [-0.39, 0.29) is 30.4 Å². The van der Waals surface area contributed by atoms with Crippen LogP contribution >= 0.6 is 0 Å². The number of amides is 2. The number of anilines is 1. The van der Waals surface area contributed by atoms with E-state index < -0.39 is 50.9 Å². The Morgan fingerprint density at radius 1 is 1.13 bits per heavy atom. The van der Waals surface area contributed by atoms with Crippen LogP contribution in [0, 0.1) is 15.9 Å². The summed E-state index contributed by atoms with van der Waals surface area (Å²) >= 11 is 0. The van der Waals surface area contributed by atoms with Gasteiger partial charge >= 0.3 is 0 Å². The predicted molar refractivity (Wildman–Crippen MR) is 141 cm³/mol. The number of hydrogen-bond donors (Lipinski definition) is 1. The van der Waals surface area contributed by atoms with E-state index >= 15 is 0 Å². The molecule has 11 nitrogen and oxygen atoms in total. The Kier molecular flexibility index (Phi) is 10.6. The topological polar surface area (TPSA) is 139 Å². The van der Waals surface area contributed by atoms with Gasteiger partial charge < -0.3 is 15.0 Å². The van der Waals surface area contributed by atoms with Crippen LogP contribution in [0.2, 0.25) is 0 Å². The quantitative estimate of drug-likeness (QED) is 0.297. The van der Waals surface area contributed by atoms with Gasteiger partial charge in [-0.3, -0.25) is 24.0 Å². The summed E-state index contributed by atoms with van der Waals surface area (Å²) in [6.45, 7) is 4.56. The average molecular weight is 553 g/mol. The maximum Gasteiger partial charge on any atom is 0.271 e. The number of hydrogen-bond acceptors (Lipinski definition) is 7. The Morgan fingerprint density at radius 3 is 2.26 bits per heavy atom. The number of nitro groups is 1. The lowest BCUT2D eigenvalue weighted by Crippen LogP contribution is -2.53. The summed E-state index contributed by atoms with van der Waals surface area (Å²) in [5.74, 6) is -1.63. The van der Waals surface area contributed by atoms with Gasteiger partial charge in [-0.2, -0.15) is 0 Å². The third-order valence-corrected chi connectivity index (χ3v) is 7.10. The lowest BCUT2D eigenvalue weighted by molar-refractivity contribution is -0.384. The van der Waals surface area contributed by atoms with Crippen LogP contribution in [0.15, 0.2) is 42.5 Å². The van der Waals surface area contributed by atoms with E-state index in [0.29, 0.717) is 16.3 Å². The van der Waals surface area contributed by atoms with Crippen molar-refractivity contribution in [2.45, 2.75) is 52.2 Å². The van der Waals surface area contributed by atoms with E-state index in [9.17, 15) is 32.5 Å². The van der Waals surface area contributed by atoms with Crippen LogP contribution in [0.4, 0.5) is 15.8 Å². The van der Waals surface area contributed by atoms with Gasteiger partial charge in [0.25, 0.3) is 5.69 Å². The molecule has 2 rings (SSSR count). The zero-order valence-corrected chi connectivity index (χ0v) is 22.8. The summed E-state index contributed by atoms with van der Waals surface area (Å²) < 4.78 is 45.0. The van der Waals surface area contributed by atoms with Gasteiger partial charge in [-0.05, 0) is 43.5 Å². The summed E-state index contributed by atoms with van der Waals surface area (Å²) in [6.07, 6.45) is 1.73. The van der Waals surface area contributed by atoms with Crippen molar-refractivity contribution < 1.29 is 32.1 Å². The van der Waals surface area contributed by atoms with Crippen LogP contribution in [0.3, 0.4) is 0 Å². The second-order valence-corrected chi connectivity index (χ2v) is 10.7. The number of carbonyl (C=O) groups excluding carboxylic acids is 2. The summed E-state index contributed by atoms with van der Waals surface area (Å²) in [5.41, 5.74) is -0.0748. The number of methoxy groups -OCH3 is 1. The molecule has 38 heavy (non-hydrogen) atoms. The highest BCUT2D eigenvalue weighted by molar-refractivity contribution is 7.92. The number of halogens is 1. The van der Waals surface area contributed by atoms with Crippen molar-refractivity contribution >= 4 is 33.2 Å². The van der Waals surface area contributed by atoms with Crippen molar-refractivity contribution in [2.24, 2.45) is 0 Å². The molecule has 0 saturated carbocycles. The second-order valence-electron chi connectivity index (χ2n) is 8.77. The standard InChI is InChI=1S/C25H33FN4O7S/c1-6-17(3)27-25(32)21(7-2)28(15-18-8-10-19(26)11-9-18)24(31)16-29(38(5,35)36)22-14-20(30(33)34)12-13-23(22)37-4/h8-14,17,21H,6-7,15-16H2,1-5H3,(H,27,32)/t17-,21-/m0/s1. The smallest absolute Gasteiger partial charge is 0.271 e. The highest BCUT2D eigenvalue weighted by Gasteiger charge is 2.33. The van der Waals surface area contributed by atoms with Crippen molar-refractivity contribution in [1.29, 1.82) is 0 Å². The molecule has 2 amide bonds. The summed E-state index contributed by atoms with van der Waals surface area (Å²) in [7, 11) is -2.88. The van der Waals surface area contributed by atoms with E-state index in [1.165, 1.54) is 42.3 Å². The number of nitro benzene ring substituents is 1. The van der Waals surface area contributed by atoms with Gasteiger partial charge in [0, 0.05) is 24.7 Å². The highest BCUT2D eigenvalue weighted by Crippen LogP contribution is 2.34. The van der Waals surface area contributed by atoms with Crippen LogP contribution < -0.4 is 14.4 Å². The number of nitrogens with zero attached hydrogens (tertiary/aromatic N) is 3. The molecular formula is C25H33FN4O7S. The van der Waals surface area contributed by atoms with Gasteiger partial charge in [0.15, 0.2) is 0 Å². The fourth-order valence-corrected chi connectivity index (χ4v) is 4.57. The number of benzene rings is 2. The molecule has 0 aliphatic rings. The normalized spacial score (nSPS) is 12.8. The van der Waals surface area contributed by atoms with Crippen molar-refractivity contribution in [3.05, 3.63) is 64.0 Å².